The van der Waals surface area contributed by atoms with Gasteiger partial charge in [-0.25, -0.2) is 17.6 Å². The van der Waals surface area contributed by atoms with Crippen LogP contribution in [0.4, 0.5) is 17.6 Å². The van der Waals surface area contributed by atoms with E-state index in [1.807, 2.05) is 0 Å². The first-order valence-electron chi connectivity index (χ1n) is 5.94. The maximum Gasteiger partial charge on any atom is 0.267 e. The summed E-state index contributed by atoms with van der Waals surface area (Å²) in [7, 11) is 0. The van der Waals surface area contributed by atoms with Crippen LogP contribution in [-0.2, 0) is 4.74 Å². The number of amidine groups is 1. The number of aliphatic hydroxyl groups is 1. The van der Waals surface area contributed by atoms with Crippen molar-refractivity contribution in [1.29, 1.82) is 0 Å². The zero-order valence-electron chi connectivity index (χ0n) is 10.5. The third-order valence-corrected chi connectivity index (χ3v) is 4.10. The van der Waals surface area contributed by atoms with E-state index in [1.54, 1.807) is 6.92 Å². The third-order valence-electron chi connectivity index (χ3n) is 3.01. The van der Waals surface area contributed by atoms with Crippen molar-refractivity contribution in [3.05, 3.63) is 11.9 Å². The van der Waals surface area contributed by atoms with Gasteiger partial charge in [0.15, 0.2) is 11.3 Å². The number of alkyl halides is 3. The summed E-state index contributed by atoms with van der Waals surface area (Å²) in [5.74, 6) is 0. The standard InChI is InChI=1S/C11H14F4N2O2S/c1-4(2-12)3-16-11-17-6-5(13)7(18)8(9(14)15)19-10(6)20-11/h2,5-10,18H,3H2,1H3,(H,16,17)/b4-2+/t5-,6-,7+,8+,10-/m1/s1. The van der Waals surface area contributed by atoms with Gasteiger partial charge in [0.25, 0.3) is 6.43 Å². The average molecular weight is 314 g/mol. The molecule has 2 rings (SSSR count). The Balaban J connectivity index is 2.01. The van der Waals surface area contributed by atoms with E-state index in [2.05, 4.69) is 10.3 Å². The van der Waals surface area contributed by atoms with Gasteiger partial charge in [-0.05, 0) is 12.5 Å². The van der Waals surface area contributed by atoms with Gasteiger partial charge in [0, 0.05) is 6.54 Å². The second kappa shape index (κ2) is 6.31. The fourth-order valence-electron chi connectivity index (χ4n) is 1.90. The molecule has 0 aromatic rings. The SMILES string of the molecule is C/C(=C\F)CNC1=N[C@@H]2[C@@H](F)[C@H](O)[C@@H](C(F)F)O[C@@H]2S1. The van der Waals surface area contributed by atoms with Gasteiger partial charge < -0.3 is 15.2 Å². The normalized spacial score (nSPS) is 37.9. The molecule has 2 heterocycles. The highest BCUT2D eigenvalue weighted by Crippen LogP contribution is 2.38. The van der Waals surface area contributed by atoms with Gasteiger partial charge in [-0.2, -0.15) is 0 Å². The molecular weight excluding hydrogens is 300 g/mol. The summed E-state index contributed by atoms with van der Waals surface area (Å²) in [6, 6.07) is -1.04. The van der Waals surface area contributed by atoms with Crippen LogP contribution in [0.5, 0.6) is 0 Å². The van der Waals surface area contributed by atoms with Crippen molar-refractivity contribution >= 4 is 16.9 Å². The Morgan fingerprint density at radius 1 is 1.60 bits per heavy atom. The van der Waals surface area contributed by atoms with Crippen molar-refractivity contribution in [2.45, 2.75) is 43.2 Å². The Morgan fingerprint density at radius 2 is 2.30 bits per heavy atom. The van der Waals surface area contributed by atoms with E-state index in [1.165, 1.54) is 0 Å². The molecular formula is C11H14F4N2O2S. The van der Waals surface area contributed by atoms with Crippen molar-refractivity contribution in [1.82, 2.24) is 5.32 Å². The molecule has 2 aliphatic heterocycles. The van der Waals surface area contributed by atoms with Crippen LogP contribution in [0, 0.1) is 0 Å². The summed E-state index contributed by atoms with van der Waals surface area (Å²) >= 11 is 0.957. The van der Waals surface area contributed by atoms with E-state index < -0.39 is 36.3 Å². The fourth-order valence-corrected chi connectivity index (χ4v) is 3.00. The van der Waals surface area contributed by atoms with Crippen LogP contribution in [0.25, 0.3) is 0 Å². The molecule has 2 aliphatic rings. The Morgan fingerprint density at radius 3 is 2.90 bits per heavy atom. The van der Waals surface area contributed by atoms with Crippen LogP contribution in [0.3, 0.4) is 0 Å². The lowest BCUT2D eigenvalue weighted by Gasteiger charge is -2.36. The zero-order valence-corrected chi connectivity index (χ0v) is 11.3. The minimum Gasteiger partial charge on any atom is -0.387 e. The largest absolute Gasteiger partial charge is 0.387 e. The lowest BCUT2D eigenvalue weighted by atomic mass is 10.00. The molecule has 20 heavy (non-hydrogen) atoms. The number of hydrogen-bond acceptors (Lipinski definition) is 5. The first-order chi connectivity index (χ1) is 9.43. The maximum atomic E-state index is 13.9. The van der Waals surface area contributed by atoms with Crippen molar-refractivity contribution in [2.24, 2.45) is 4.99 Å². The number of aliphatic imine (C=N–C) groups is 1. The summed E-state index contributed by atoms with van der Waals surface area (Å²) in [5.41, 5.74) is -0.504. The van der Waals surface area contributed by atoms with E-state index >= 15 is 0 Å². The highest BCUT2D eigenvalue weighted by Gasteiger charge is 2.51. The predicted octanol–water partition coefficient (Wildman–Crippen LogP) is 1.61. The number of hydrogen-bond donors (Lipinski definition) is 2. The molecule has 114 valence electrons. The molecule has 0 aromatic carbocycles. The van der Waals surface area contributed by atoms with Gasteiger partial charge in [-0.1, -0.05) is 11.8 Å². The highest BCUT2D eigenvalue weighted by molar-refractivity contribution is 8.14. The number of ether oxygens (including phenoxy) is 1. The van der Waals surface area contributed by atoms with Crippen LogP contribution in [0.15, 0.2) is 16.9 Å². The minimum atomic E-state index is -2.97. The Labute approximate surface area is 117 Å². The van der Waals surface area contributed by atoms with Gasteiger partial charge in [0.1, 0.15) is 23.7 Å². The van der Waals surface area contributed by atoms with E-state index in [4.69, 9.17) is 4.74 Å². The topological polar surface area (TPSA) is 53.9 Å². The Bertz CT molecular complexity index is 421. The molecule has 0 amide bonds. The summed E-state index contributed by atoms with van der Waals surface area (Å²) in [6.07, 6.45) is -8.24. The fraction of sp³-hybridized carbons (Fsp3) is 0.727. The molecule has 0 radical (unpaired) electrons. The molecule has 2 N–H and O–H groups in total. The van der Waals surface area contributed by atoms with Crippen LogP contribution < -0.4 is 5.32 Å². The van der Waals surface area contributed by atoms with Gasteiger partial charge in [0.05, 0.1) is 6.33 Å². The predicted molar refractivity (Wildman–Crippen MR) is 67.2 cm³/mol. The molecule has 9 heteroatoms. The molecule has 0 unspecified atom stereocenters. The summed E-state index contributed by atoms with van der Waals surface area (Å²) in [6.45, 7) is 1.71. The second-order valence-electron chi connectivity index (χ2n) is 4.59. The lowest BCUT2D eigenvalue weighted by Crippen LogP contribution is -2.55. The molecule has 1 fully saturated rings. The third kappa shape index (κ3) is 3.09. The number of nitrogens with one attached hydrogen (secondary N) is 1. The Kier molecular flexibility index (Phi) is 4.92. The summed E-state index contributed by atoms with van der Waals surface area (Å²) in [5, 5.41) is 12.5. The number of aliphatic hydroxyl groups excluding tert-OH is 1. The number of nitrogens with zero attached hydrogens (tertiary/aromatic N) is 1. The molecule has 0 spiro atoms. The van der Waals surface area contributed by atoms with Gasteiger partial charge in [0.2, 0.25) is 0 Å². The van der Waals surface area contributed by atoms with E-state index in [0.29, 0.717) is 11.9 Å². The molecule has 0 aromatic heterocycles. The van der Waals surface area contributed by atoms with Gasteiger partial charge in [-0.15, -0.1) is 0 Å². The molecule has 1 saturated heterocycles. The molecule has 0 aliphatic carbocycles. The highest BCUT2D eigenvalue weighted by atomic mass is 32.2. The summed E-state index contributed by atoms with van der Waals surface area (Å²) < 4.78 is 56.3. The van der Waals surface area contributed by atoms with Crippen LogP contribution in [0.2, 0.25) is 0 Å². The van der Waals surface area contributed by atoms with Crippen LogP contribution >= 0.6 is 11.8 Å². The average Bonchev–Trinajstić information content (AvgIpc) is 2.83. The quantitative estimate of drug-likeness (QED) is 0.777. The zero-order chi connectivity index (χ0) is 14.9. The number of thioether (sulfide) groups is 1. The van der Waals surface area contributed by atoms with Crippen molar-refractivity contribution in [3.63, 3.8) is 0 Å². The van der Waals surface area contributed by atoms with Crippen molar-refractivity contribution in [3.8, 4) is 0 Å². The van der Waals surface area contributed by atoms with Crippen molar-refractivity contribution < 1.29 is 27.4 Å². The lowest BCUT2D eigenvalue weighted by molar-refractivity contribution is -0.178. The monoisotopic (exact) mass is 314 g/mol. The molecule has 0 saturated carbocycles. The van der Waals surface area contributed by atoms with E-state index in [0.717, 1.165) is 11.8 Å². The maximum absolute atomic E-state index is 13.9. The smallest absolute Gasteiger partial charge is 0.267 e. The number of fused-ring (bicyclic) bond motifs is 1. The Hall–Kier alpha value is -0.800. The number of rotatable bonds is 3. The van der Waals surface area contributed by atoms with Crippen LogP contribution in [0.1, 0.15) is 6.92 Å². The first-order valence-corrected chi connectivity index (χ1v) is 6.82. The molecule has 5 atom stereocenters. The molecule has 4 nitrogen and oxygen atoms in total. The molecule has 0 bridgehead atoms. The van der Waals surface area contributed by atoms with Gasteiger partial charge in [-0.3, -0.25) is 4.99 Å². The second-order valence-corrected chi connectivity index (χ2v) is 5.68. The van der Waals surface area contributed by atoms with Crippen LogP contribution in [-0.4, -0.2) is 53.1 Å². The summed E-state index contributed by atoms with van der Waals surface area (Å²) in [4.78, 5) is 3.96. The van der Waals surface area contributed by atoms with E-state index in [-0.39, 0.29) is 11.7 Å². The minimum absolute atomic E-state index is 0.166. The number of halogens is 4. The van der Waals surface area contributed by atoms with E-state index in [9.17, 15) is 22.7 Å². The van der Waals surface area contributed by atoms with Crippen molar-refractivity contribution in [2.75, 3.05) is 6.54 Å². The van der Waals surface area contributed by atoms with Gasteiger partial charge >= 0.3 is 0 Å². The first kappa shape index (κ1) is 15.6.